The van der Waals surface area contributed by atoms with E-state index in [-0.39, 0.29) is 5.56 Å². The van der Waals surface area contributed by atoms with Crippen LogP contribution in [-0.4, -0.2) is 41.3 Å². The standard InChI is InChI=1S/C21H24N2O4/c1-27-14-18-12-19(20(24)22-13-18)11-16-4-2-15(3-5-16)10-17-6-8-23(9-7-17)21(25)26/h2-5,10,12-13H,6-9,11,14H2,1H3,(H,22,24)(H,25,26). The van der Waals surface area contributed by atoms with E-state index in [1.54, 1.807) is 13.3 Å². The highest BCUT2D eigenvalue weighted by molar-refractivity contribution is 5.65. The first-order valence-electron chi connectivity index (χ1n) is 9.01. The first-order chi connectivity index (χ1) is 13.0. The third-order valence-corrected chi connectivity index (χ3v) is 4.77. The molecule has 6 heteroatoms. The molecular formula is C21H24N2O4. The fourth-order valence-corrected chi connectivity index (χ4v) is 3.28. The molecule has 0 aliphatic carbocycles. The molecule has 0 atom stereocenters. The Morgan fingerprint density at radius 1 is 1.22 bits per heavy atom. The Kier molecular flexibility index (Phi) is 6.08. The van der Waals surface area contributed by atoms with Crippen molar-refractivity contribution < 1.29 is 14.6 Å². The molecule has 2 N–H and O–H groups in total. The van der Waals surface area contributed by atoms with Crippen LogP contribution in [0.1, 0.15) is 35.1 Å². The molecule has 1 aliphatic heterocycles. The smallest absolute Gasteiger partial charge is 0.407 e. The molecule has 0 bridgehead atoms. The second-order valence-electron chi connectivity index (χ2n) is 6.79. The minimum atomic E-state index is -0.844. The zero-order valence-corrected chi connectivity index (χ0v) is 15.4. The van der Waals surface area contributed by atoms with Crippen LogP contribution in [0.4, 0.5) is 4.79 Å². The number of H-pyrrole nitrogens is 1. The third kappa shape index (κ3) is 5.08. The van der Waals surface area contributed by atoms with Gasteiger partial charge in [-0.2, -0.15) is 0 Å². The fraction of sp³-hybridized carbons (Fsp3) is 0.333. The summed E-state index contributed by atoms with van der Waals surface area (Å²) in [6.45, 7) is 1.58. The van der Waals surface area contributed by atoms with Crippen LogP contribution in [-0.2, 0) is 17.8 Å². The van der Waals surface area contributed by atoms with Crippen molar-refractivity contribution in [1.82, 2.24) is 9.88 Å². The van der Waals surface area contributed by atoms with Crippen molar-refractivity contribution in [3.05, 3.63) is 74.7 Å². The number of aromatic amines is 1. The molecule has 1 fully saturated rings. The Bertz CT molecular complexity index is 874. The molecule has 1 saturated heterocycles. The van der Waals surface area contributed by atoms with E-state index in [1.165, 1.54) is 10.5 Å². The molecule has 0 spiro atoms. The van der Waals surface area contributed by atoms with Gasteiger partial charge in [0.05, 0.1) is 6.61 Å². The Morgan fingerprint density at radius 2 is 1.93 bits per heavy atom. The lowest BCUT2D eigenvalue weighted by molar-refractivity contribution is 0.142. The van der Waals surface area contributed by atoms with E-state index in [9.17, 15) is 9.59 Å². The molecular weight excluding hydrogens is 344 g/mol. The molecule has 2 aromatic rings. The fourth-order valence-electron chi connectivity index (χ4n) is 3.28. The highest BCUT2D eigenvalue weighted by Gasteiger charge is 2.17. The Balaban J connectivity index is 1.66. The lowest BCUT2D eigenvalue weighted by atomic mass is 9.99. The highest BCUT2D eigenvalue weighted by atomic mass is 16.5. The maximum Gasteiger partial charge on any atom is 0.407 e. The molecule has 0 saturated carbocycles. The Morgan fingerprint density at radius 3 is 2.56 bits per heavy atom. The van der Waals surface area contributed by atoms with Gasteiger partial charge in [-0.05, 0) is 35.6 Å². The van der Waals surface area contributed by atoms with Gasteiger partial charge in [0.15, 0.2) is 0 Å². The highest BCUT2D eigenvalue weighted by Crippen LogP contribution is 2.20. The van der Waals surface area contributed by atoms with Crippen molar-refractivity contribution in [2.24, 2.45) is 0 Å². The molecule has 0 radical (unpaired) electrons. The molecule has 0 unspecified atom stereocenters. The lowest BCUT2D eigenvalue weighted by Gasteiger charge is -2.25. The normalized spacial score (nSPS) is 14.3. The summed E-state index contributed by atoms with van der Waals surface area (Å²) < 4.78 is 5.12. The summed E-state index contributed by atoms with van der Waals surface area (Å²) in [6.07, 6.45) is 5.08. The van der Waals surface area contributed by atoms with Gasteiger partial charge in [-0.1, -0.05) is 35.9 Å². The van der Waals surface area contributed by atoms with Gasteiger partial charge >= 0.3 is 6.09 Å². The van der Waals surface area contributed by atoms with Gasteiger partial charge in [-0.15, -0.1) is 0 Å². The van der Waals surface area contributed by atoms with E-state index in [1.807, 2.05) is 30.3 Å². The molecule has 1 aromatic carbocycles. The summed E-state index contributed by atoms with van der Waals surface area (Å²) in [5, 5.41) is 9.01. The summed E-state index contributed by atoms with van der Waals surface area (Å²) >= 11 is 0. The summed E-state index contributed by atoms with van der Waals surface area (Å²) in [6, 6.07) is 10.0. The number of aromatic nitrogens is 1. The van der Waals surface area contributed by atoms with Crippen LogP contribution >= 0.6 is 0 Å². The molecule has 3 rings (SSSR count). The van der Waals surface area contributed by atoms with Gasteiger partial charge in [0.2, 0.25) is 0 Å². The average molecular weight is 368 g/mol. The largest absolute Gasteiger partial charge is 0.465 e. The number of hydrogen-bond donors (Lipinski definition) is 2. The number of methoxy groups -OCH3 is 1. The van der Waals surface area contributed by atoms with E-state index in [0.29, 0.717) is 26.1 Å². The third-order valence-electron chi connectivity index (χ3n) is 4.77. The van der Waals surface area contributed by atoms with Crippen LogP contribution < -0.4 is 5.56 Å². The van der Waals surface area contributed by atoms with Gasteiger partial charge in [0.25, 0.3) is 5.56 Å². The predicted molar refractivity (Wildman–Crippen MR) is 104 cm³/mol. The number of pyridine rings is 1. The molecule has 2 heterocycles. The number of hydrogen-bond acceptors (Lipinski definition) is 3. The number of piperidine rings is 1. The van der Waals surface area contributed by atoms with Crippen LogP contribution in [0.15, 0.2) is 46.9 Å². The zero-order chi connectivity index (χ0) is 19.2. The number of likely N-dealkylation sites (tertiary alicyclic amines) is 1. The van der Waals surface area contributed by atoms with Gasteiger partial charge in [0, 0.05) is 38.4 Å². The summed E-state index contributed by atoms with van der Waals surface area (Å²) in [4.78, 5) is 27.2. The second-order valence-corrected chi connectivity index (χ2v) is 6.79. The number of rotatable bonds is 5. The first-order valence-corrected chi connectivity index (χ1v) is 9.01. The molecule has 27 heavy (non-hydrogen) atoms. The van der Waals surface area contributed by atoms with Crippen LogP contribution in [0.3, 0.4) is 0 Å². The predicted octanol–water partition coefficient (Wildman–Crippen LogP) is 3.27. The minimum absolute atomic E-state index is 0.0776. The van der Waals surface area contributed by atoms with Crippen LogP contribution in [0, 0.1) is 0 Å². The Labute approximate surface area is 158 Å². The quantitative estimate of drug-likeness (QED) is 0.849. The number of nitrogens with zero attached hydrogens (tertiary/aromatic N) is 1. The summed E-state index contributed by atoms with van der Waals surface area (Å²) in [5.41, 5.74) is 5.02. The number of ether oxygens (including phenoxy) is 1. The molecule has 6 nitrogen and oxygen atoms in total. The van der Waals surface area contributed by atoms with E-state index in [0.717, 1.165) is 35.1 Å². The van der Waals surface area contributed by atoms with E-state index < -0.39 is 6.09 Å². The zero-order valence-electron chi connectivity index (χ0n) is 15.4. The van der Waals surface area contributed by atoms with Gasteiger partial charge in [-0.25, -0.2) is 4.79 Å². The van der Waals surface area contributed by atoms with Crippen LogP contribution in [0.5, 0.6) is 0 Å². The van der Waals surface area contributed by atoms with Gasteiger partial charge < -0.3 is 19.7 Å². The number of carboxylic acid groups (broad SMARTS) is 1. The number of amides is 1. The van der Waals surface area contributed by atoms with Crippen molar-refractivity contribution in [3.8, 4) is 0 Å². The molecule has 142 valence electrons. The lowest BCUT2D eigenvalue weighted by Crippen LogP contribution is -2.35. The van der Waals surface area contributed by atoms with Crippen LogP contribution in [0.2, 0.25) is 0 Å². The van der Waals surface area contributed by atoms with Crippen molar-refractivity contribution in [1.29, 1.82) is 0 Å². The van der Waals surface area contributed by atoms with Crippen molar-refractivity contribution in [2.45, 2.75) is 25.9 Å². The number of carbonyl (C=O) groups is 1. The number of nitrogens with one attached hydrogen (secondary N) is 1. The molecule has 1 aliphatic rings. The van der Waals surface area contributed by atoms with Crippen molar-refractivity contribution >= 4 is 12.2 Å². The Hall–Kier alpha value is -2.86. The van der Waals surface area contributed by atoms with Gasteiger partial charge in [0.1, 0.15) is 0 Å². The summed E-state index contributed by atoms with van der Waals surface area (Å²) in [7, 11) is 1.63. The second kappa shape index (κ2) is 8.68. The molecule has 1 aromatic heterocycles. The van der Waals surface area contributed by atoms with Gasteiger partial charge in [-0.3, -0.25) is 4.79 Å². The van der Waals surface area contributed by atoms with E-state index >= 15 is 0 Å². The maximum absolute atomic E-state index is 12.0. The van der Waals surface area contributed by atoms with E-state index in [2.05, 4.69) is 11.1 Å². The summed E-state index contributed by atoms with van der Waals surface area (Å²) in [5.74, 6) is 0. The SMILES string of the molecule is COCc1c[nH]c(=O)c(Cc2ccc(C=C3CCN(C(=O)O)CC3)cc2)c1. The first kappa shape index (κ1) is 18.9. The minimum Gasteiger partial charge on any atom is -0.465 e. The van der Waals surface area contributed by atoms with Crippen molar-refractivity contribution in [3.63, 3.8) is 0 Å². The molecule has 1 amide bonds. The monoisotopic (exact) mass is 368 g/mol. The average Bonchev–Trinajstić information content (AvgIpc) is 2.67. The van der Waals surface area contributed by atoms with E-state index in [4.69, 9.17) is 9.84 Å². The van der Waals surface area contributed by atoms with Crippen LogP contribution in [0.25, 0.3) is 6.08 Å². The maximum atomic E-state index is 12.0. The van der Waals surface area contributed by atoms with Crippen molar-refractivity contribution in [2.75, 3.05) is 20.2 Å². The number of benzene rings is 1. The topological polar surface area (TPSA) is 82.6 Å².